The van der Waals surface area contributed by atoms with Gasteiger partial charge in [-0.25, -0.2) is 0 Å². The minimum absolute atomic E-state index is 0.118. The lowest BCUT2D eigenvalue weighted by Crippen LogP contribution is -2.51. The molecule has 0 heterocycles. The van der Waals surface area contributed by atoms with E-state index in [1.54, 1.807) is 6.92 Å². The Hall–Kier alpha value is -1.88. The van der Waals surface area contributed by atoms with Crippen molar-refractivity contribution >= 4 is 11.9 Å². The van der Waals surface area contributed by atoms with Gasteiger partial charge in [0, 0.05) is 13.5 Å². The van der Waals surface area contributed by atoms with Gasteiger partial charge in [0.25, 0.3) is 0 Å². The third kappa shape index (κ3) is 4.79. The fourth-order valence-corrected chi connectivity index (χ4v) is 3.46. The summed E-state index contributed by atoms with van der Waals surface area (Å²) in [5.41, 5.74) is 1.69. The second-order valence-corrected chi connectivity index (χ2v) is 6.60. The standard InChI is InChI=1S/C18H25NO4/c1-18(12-23-2,11-17(21)22)19-16(20)10-14-8-5-7-13-6-3-4-9-15(13)14/h3-4,6,9,14H,5,7-8,10-12H2,1-2H3,(H,19,20)(H,21,22). The summed E-state index contributed by atoms with van der Waals surface area (Å²) in [4.78, 5) is 23.5. The Morgan fingerprint density at radius 2 is 2.13 bits per heavy atom. The van der Waals surface area contributed by atoms with Crippen LogP contribution in [0.3, 0.4) is 0 Å². The summed E-state index contributed by atoms with van der Waals surface area (Å²) in [6.45, 7) is 1.88. The molecular formula is C18H25NO4. The minimum atomic E-state index is -0.951. The summed E-state index contributed by atoms with van der Waals surface area (Å²) < 4.78 is 5.08. The van der Waals surface area contributed by atoms with Crippen molar-refractivity contribution < 1.29 is 19.4 Å². The van der Waals surface area contributed by atoms with E-state index < -0.39 is 11.5 Å². The van der Waals surface area contributed by atoms with Crippen molar-refractivity contribution in [2.24, 2.45) is 0 Å². The van der Waals surface area contributed by atoms with Gasteiger partial charge in [-0.3, -0.25) is 9.59 Å². The van der Waals surface area contributed by atoms with E-state index in [-0.39, 0.29) is 24.9 Å². The molecule has 2 unspecified atom stereocenters. The van der Waals surface area contributed by atoms with Crippen LogP contribution >= 0.6 is 0 Å². The molecule has 0 fully saturated rings. The molecule has 0 bridgehead atoms. The molecule has 5 nitrogen and oxygen atoms in total. The van der Waals surface area contributed by atoms with E-state index in [1.165, 1.54) is 18.2 Å². The van der Waals surface area contributed by atoms with E-state index in [9.17, 15) is 9.59 Å². The lowest BCUT2D eigenvalue weighted by Gasteiger charge is -2.30. The Bertz CT molecular complexity index is 572. The molecule has 0 radical (unpaired) electrons. The van der Waals surface area contributed by atoms with Gasteiger partial charge < -0.3 is 15.2 Å². The van der Waals surface area contributed by atoms with Crippen LogP contribution in [0.2, 0.25) is 0 Å². The Morgan fingerprint density at radius 1 is 1.39 bits per heavy atom. The molecule has 2 atom stereocenters. The fourth-order valence-electron chi connectivity index (χ4n) is 3.46. The van der Waals surface area contributed by atoms with Gasteiger partial charge in [-0.2, -0.15) is 0 Å². The van der Waals surface area contributed by atoms with Gasteiger partial charge >= 0.3 is 5.97 Å². The third-order valence-corrected chi connectivity index (χ3v) is 4.37. The summed E-state index contributed by atoms with van der Waals surface area (Å²) in [6, 6.07) is 8.26. The molecule has 1 aromatic carbocycles. The molecule has 23 heavy (non-hydrogen) atoms. The van der Waals surface area contributed by atoms with Gasteiger partial charge in [0.1, 0.15) is 0 Å². The number of aliphatic carboxylic acids is 1. The first-order chi connectivity index (χ1) is 10.9. The number of ether oxygens (including phenoxy) is 1. The highest BCUT2D eigenvalue weighted by atomic mass is 16.5. The summed E-state index contributed by atoms with van der Waals surface area (Å²) in [5, 5.41) is 11.9. The Balaban J connectivity index is 2.03. The highest BCUT2D eigenvalue weighted by Gasteiger charge is 2.31. The first kappa shape index (κ1) is 17.5. The van der Waals surface area contributed by atoms with Gasteiger partial charge in [-0.1, -0.05) is 24.3 Å². The maximum atomic E-state index is 12.4. The van der Waals surface area contributed by atoms with Crippen molar-refractivity contribution in [3.63, 3.8) is 0 Å². The Labute approximate surface area is 137 Å². The molecule has 126 valence electrons. The lowest BCUT2D eigenvalue weighted by molar-refractivity contribution is -0.139. The molecule has 0 saturated carbocycles. The van der Waals surface area contributed by atoms with Crippen LogP contribution in [0.15, 0.2) is 24.3 Å². The average molecular weight is 319 g/mol. The number of methoxy groups -OCH3 is 1. The van der Waals surface area contributed by atoms with E-state index in [0.717, 1.165) is 19.3 Å². The van der Waals surface area contributed by atoms with Crippen LogP contribution < -0.4 is 5.32 Å². The normalized spacial score (nSPS) is 19.5. The number of rotatable bonds is 7. The molecule has 5 heteroatoms. The molecule has 0 aliphatic heterocycles. The highest BCUT2D eigenvalue weighted by Crippen LogP contribution is 2.33. The van der Waals surface area contributed by atoms with Crippen LogP contribution in [0.5, 0.6) is 0 Å². The van der Waals surface area contributed by atoms with Gasteiger partial charge in [-0.15, -0.1) is 0 Å². The molecule has 0 saturated heterocycles. The number of fused-ring (bicyclic) bond motifs is 1. The van der Waals surface area contributed by atoms with Gasteiger partial charge in [0.15, 0.2) is 0 Å². The molecule has 1 aliphatic rings. The number of amides is 1. The molecule has 2 rings (SSSR count). The van der Waals surface area contributed by atoms with E-state index in [0.29, 0.717) is 6.42 Å². The molecule has 1 aliphatic carbocycles. The number of carbonyl (C=O) groups is 2. The Kier molecular flexibility index (Phi) is 5.77. The minimum Gasteiger partial charge on any atom is -0.481 e. The molecule has 0 aromatic heterocycles. The van der Waals surface area contributed by atoms with Crippen LogP contribution in [0.25, 0.3) is 0 Å². The second kappa shape index (κ2) is 7.59. The van der Waals surface area contributed by atoms with Gasteiger partial charge in [0.05, 0.1) is 18.6 Å². The zero-order chi connectivity index (χ0) is 16.9. The topological polar surface area (TPSA) is 75.6 Å². The predicted molar refractivity (Wildman–Crippen MR) is 87.4 cm³/mol. The van der Waals surface area contributed by atoms with Crippen molar-refractivity contribution in [1.29, 1.82) is 0 Å². The van der Waals surface area contributed by atoms with Crippen molar-refractivity contribution in [3.8, 4) is 0 Å². The zero-order valence-corrected chi connectivity index (χ0v) is 13.8. The zero-order valence-electron chi connectivity index (χ0n) is 13.8. The monoisotopic (exact) mass is 319 g/mol. The number of benzene rings is 1. The van der Waals surface area contributed by atoms with E-state index >= 15 is 0 Å². The number of nitrogens with one attached hydrogen (secondary N) is 1. The van der Waals surface area contributed by atoms with Gasteiger partial charge in [-0.05, 0) is 43.2 Å². The fraction of sp³-hybridized carbons (Fsp3) is 0.556. The van der Waals surface area contributed by atoms with E-state index in [4.69, 9.17) is 9.84 Å². The molecule has 2 N–H and O–H groups in total. The maximum absolute atomic E-state index is 12.4. The van der Waals surface area contributed by atoms with E-state index in [2.05, 4.69) is 17.4 Å². The second-order valence-electron chi connectivity index (χ2n) is 6.60. The first-order valence-electron chi connectivity index (χ1n) is 8.03. The first-order valence-corrected chi connectivity index (χ1v) is 8.03. The number of carboxylic acid groups (broad SMARTS) is 1. The van der Waals surface area contributed by atoms with Crippen molar-refractivity contribution in [1.82, 2.24) is 5.32 Å². The molecule has 1 amide bonds. The van der Waals surface area contributed by atoms with Crippen molar-refractivity contribution in [3.05, 3.63) is 35.4 Å². The van der Waals surface area contributed by atoms with Crippen molar-refractivity contribution in [2.45, 2.75) is 50.5 Å². The molecule has 1 aromatic rings. The SMILES string of the molecule is COCC(C)(CC(=O)O)NC(=O)CC1CCCc2ccccc21. The third-order valence-electron chi connectivity index (χ3n) is 4.37. The average Bonchev–Trinajstić information content (AvgIpc) is 2.46. The maximum Gasteiger partial charge on any atom is 0.305 e. The number of carboxylic acids is 1. The summed E-state index contributed by atoms with van der Waals surface area (Å²) in [6.07, 6.45) is 3.36. The largest absolute Gasteiger partial charge is 0.481 e. The lowest BCUT2D eigenvalue weighted by atomic mass is 9.81. The smallest absolute Gasteiger partial charge is 0.305 e. The van der Waals surface area contributed by atoms with Gasteiger partial charge in [0.2, 0.25) is 5.91 Å². The van der Waals surface area contributed by atoms with Crippen LogP contribution in [-0.4, -0.2) is 36.2 Å². The van der Waals surface area contributed by atoms with Crippen LogP contribution in [0.1, 0.15) is 49.7 Å². The summed E-state index contributed by atoms with van der Waals surface area (Å²) in [7, 11) is 1.50. The number of hydrogen-bond donors (Lipinski definition) is 2. The number of hydrogen-bond acceptors (Lipinski definition) is 3. The predicted octanol–water partition coefficient (Wildman–Crippen LogP) is 2.49. The Morgan fingerprint density at radius 3 is 2.83 bits per heavy atom. The molecule has 0 spiro atoms. The van der Waals surface area contributed by atoms with Crippen LogP contribution in [0, 0.1) is 0 Å². The summed E-state index contributed by atoms with van der Waals surface area (Å²) >= 11 is 0. The highest BCUT2D eigenvalue weighted by molar-refractivity contribution is 5.79. The molecular weight excluding hydrogens is 294 g/mol. The number of carbonyl (C=O) groups excluding carboxylic acids is 1. The van der Waals surface area contributed by atoms with E-state index in [1.807, 2.05) is 12.1 Å². The number of aryl methyl sites for hydroxylation is 1. The summed E-state index contributed by atoms with van der Waals surface area (Å²) in [5.74, 6) is -0.864. The van der Waals surface area contributed by atoms with Crippen LogP contribution in [-0.2, 0) is 20.7 Å². The van der Waals surface area contributed by atoms with Crippen molar-refractivity contribution in [2.75, 3.05) is 13.7 Å². The van der Waals surface area contributed by atoms with Crippen LogP contribution in [0.4, 0.5) is 0 Å². The quantitative estimate of drug-likeness (QED) is 0.809.